The molecule has 0 saturated heterocycles. The van der Waals surface area contributed by atoms with Crippen molar-refractivity contribution in [1.29, 1.82) is 0 Å². The Balaban J connectivity index is 1.15. The second kappa shape index (κ2) is 11.9. The molecule has 56 heavy (non-hydrogen) atoms. The van der Waals surface area contributed by atoms with Gasteiger partial charge in [0.25, 0.3) is 0 Å². The monoisotopic (exact) mass is 718 g/mol. The van der Waals surface area contributed by atoms with Gasteiger partial charge in [-0.2, -0.15) is 0 Å². The molecule has 0 bridgehead atoms. The first-order valence-electron chi connectivity index (χ1n) is 19.8. The topological polar surface area (TPSA) is 8.17 Å². The molecule has 0 fully saturated rings. The summed E-state index contributed by atoms with van der Waals surface area (Å²) in [6.07, 6.45) is 0. The van der Waals surface area contributed by atoms with Gasteiger partial charge in [-0.3, -0.25) is 0 Å². The molecule has 2 nitrogen and oxygen atoms in total. The average molecular weight is 719 g/mol. The summed E-state index contributed by atoms with van der Waals surface area (Å²) < 4.78 is 2.48. The molecule has 268 valence electrons. The van der Waals surface area contributed by atoms with Crippen molar-refractivity contribution >= 4 is 38.9 Å². The van der Waals surface area contributed by atoms with Crippen LogP contribution in [-0.2, 0) is 10.8 Å². The van der Waals surface area contributed by atoms with E-state index in [-0.39, 0.29) is 10.8 Å². The van der Waals surface area contributed by atoms with Gasteiger partial charge in [-0.05, 0) is 116 Å². The number of anilines is 3. The Morgan fingerprint density at radius 2 is 0.857 bits per heavy atom. The Morgan fingerprint density at radius 1 is 0.357 bits per heavy atom. The molecule has 0 spiro atoms. The molecule has 0 N–H and O–H groups in total. The number of fused-ring (bicyclic) bond motifs is 9. The number of hydrogen-bond donors (Lipinski definition) is 0. The Labute approximate surface area is 328 Å². The van der Waals surface area contributed by atoms with Gasteiger partial charge in [0, 0.05) is 44.4 Å². The van der Waals surface area contributed by atoms with E-state index in [4.69, 9.17) is 0 Å². The van der Waals surface area contributed by atoms with E-state index in [1.165, 1.54) is 77.4 Å². The van der Waals surface area contributed by atoms with Crippen molar-refractivity contribution < 1.29 is 0 Å². The summed E-state index contributed by atoms with van der Waals surface area (Å²) in [5.41, 5.74) is 20.1. The molecule has 2 heteroatoms. The summed E-state index contributed by atoms with van der Waals surface area (Å²) in [6, 6.07) is 67.5. The van der Waals surface area contributed by atoms with Gasteiger partial charge in [0.05, 0.1) is 11.0 Å². The third kappa shape index (κ3) is 4.69. The first-order valence-corrected chi connectivity index (χ1v) is 19.8. The lowest BCUT2D eigenvalue weighted by atomic mass is 9.82. The Hall–Kier alpha value is -6.64. The molecule has 11 rings (SSSR count). The molecule has 0 saturated carbocycles. The van der Waals surface area contributed by atoms with Crippen LogP contribution in [0, 0.1) is 0 Å². The molecule has 9 aromatic rings. The van der Waals surface area contributed by atoms with Gasteiger partial charge in [0.15, 0.2) is 0 Å². The SMILES string of the molecule is CC1(C)c2ccccc2-c2ccc(N(c3ccc(-c4ccccc4)cc3)c3ccc4c5cc6c(cc5n(-c5ccccc5)c4c3)C(C)(C)c3ccccc3-6)cc21. The van der Waals surface area contributed by atoms with E-state index < -0.39 is 0 Å². The van der Waals surface area contributed by atoms with Crippen LogP contribution in [0.3, 0.4) is 0 Å². The highest BCUT2D eigenvalue weighted by Crippen LogP contribution is 2.53. The van der Waals surface area contributed by atoms with Crippen molar-refractivity contribution in [1.82, 2.24) is 4.57 Å². The smallest absolute Gasteiger partial charge is 0.0561 e. The van der Waals surface area contributed by atoms with Crippen LogP contribution in [0.5, 0.6) is 0 Å². The van der Waals surface area contributed by atoms with E-state index >= 15 is 0 Å². The zero-order chi connectivity index (χ0) is 37.8. The molecule has 8 aromatic carbocycles. The van der Waals surface area contributed by atoms with Crippen LogP contribution in [0.2, 0.25) is 0 Å². The summed E-state index contributed by atoms with van der Waals surface area (Å²) in [5.74, 6) is 0. The van der Waals surface area contributed by atoms with E-state index in [0.29, 0.717) is 0 Å². The van der Waals surface area contributed by atoms with Crippen LogP contribution >= 0.6 is 0 Å². The zero-order valence-electron chi connectivity index (χ0n) is 32.2. The molecule has 0 atom stereocenters. The van der Waals surface area contributed by atoms with Crippen LogP contribution in [0.1, 0.15) is 49.9 Å². The number of nitrogens with zero attached hydrogens (tertiary/aromatic N) is 2. The maximum atomic E-state index is 2.48. The summed E-state index contributed by atoms with van der Waals surface area (Å²) in [4.78, 5) is 2.44. The van der Waals surface area contributed by atoms with Crippen molar-refractivity contribution in [3.8, 4) is 39.1 Å². The van der Waals surface area contributed by atoms with Gasteiger partial charge in [-0.25, -0.2) is 0 Å². The standard InChI is InChI=1S/C54H42N2/c1-53(2)47-21-13-11-19-41(47)43-29-27-39(31-49(43)53)55(38-25-23-36(24-26-38)35-15-7-5-8-16-35)40-28-30-44-46-33-45-42-20-12-14-22-48(42)54(3,4)50(45)34-52(46)56(51(44)32-40)37-17-9-6-10-18-37/h5-34H,1-4H3. The number of benzene rings is 8. The van der Waals surface area contributed by atoms with Gasteiger partial charge in [0.1, 0.15) is 0 Å². The van der Waals surface area contributed by atoms with Crippen molar-refractivity contribution in [2.45, 2.75) is 38.5 Å². The molecule has 0 aliphatic heterocycles. The minimum atomic E-state index is -0.110. The van der Waals surface area contributed by atoms with Crippen LogP contribution in [0.25, 0.3) is 60.9 Å². The third-order valence-electron chi connectivity index (χ3n) is 12.8. The molecule has 2 aliphatic carbocycles. The predicted octanol–water partition coefficient (Wildman–Crippen LogP) is 14.5. The zero-order valence-corrected chi connectivity index (χ0v) is 32.2. The molecular weight excluding hydrogens is 677 g/mol. The molecule has 0 radical (unpaired) electrons. The fourth-order valence-corrected chi connectivity index (χ4v) is 9.91. The van der Waals surface area contributed by atoms with E-state index in [1.54, 1.807) is 0 Å². The molecule has 0 amide bonds. The fourth-order valence-electron chi connectivity index (χ4n) is 9.91. The van der Waals surface area contributed by atoms with Gasteiger partial charge in [-0.1, -0.05) is 149 Å². The lowest BCUT2D eigenvalue weighted by Gasteiger charge is -2.28. The quantitative estimate of drug-likeness (QED) is 0.172. The van der Waals surface area contributed by atoms with E-state index in [1.807, 2.05) is 0 Å². The summed E-state index contributed by atoms with van der Waals surface area (Å²) >= 11 is 0. The number of para-hydroxylation sites is 1. The lowest BCUT2D eigenvalue weighted by Crippen LogP contribution is -2.16. The van der Waals surface area contributed by atoms with Gasteiger partial charge in [-0.15, -0.1) is 0 Å². The maximum absolute atomic E-state index is 2.48. The van der Waals surface area contributed by atoms with Crippen LogP contribution in [-0.4, -0.2) is 4.57 Å². The minimum Gasteiger partial charge on any atom is -0.310 e. The lowest BCUT2D eigenvalue weighted by molar-refractivity contribution is 0.660. The third-order valence-corrected chi connectivity index (χ3v) is 12.8. The number of rotatable bonds is 5. The van der Waals surface area contributed by atoms with Crippen molar-refractivity contribution in [2.24, 2.45) is 0 Å². The van der Waals surface area contributed by atoms with Crippen molar-refractivity contribution in [3.63, 3.8) is 0 Å². The van der Waals surface area contributed by atoms with Gasteiger partial charge >= 0.3 is 0 Å². The van der Waals surface area contributed by atoms with E-state index in [2.05, 4.69) is 219 Å². The minimum absolute atomic E-state index is 0.0903. The van der Waals surface area contributed by atoms with Crippen molar-refractivity contribution in [2.75, 3.05) is 4.90 Å². The predicted molar refractivity (Wildman–Crippen MR) is 236 cm³/mol. The second-order valence-electron chi connectivity index (χ2n) is 16.6. The second-order valence-corrected chi connectivity index (χ2v) is 16.6. The maximum Gasteiger partial charge on any atom is 0.0561 e. The Bertz CT molecular complexity index is 3000. The highest BCUT2D eigenvalue weighted by atomic mass is 15.1. The van der Waals surface area contributed by atoms with Crippen LogP contribution < -0.4 is 4.90 Å². The first kappa shape index (κ1) is 32.8. The number of aromatic nitrogens is 1. The Morgan fingerprint density at radius 3 is 1.55 bits per heavy atom. The highest BCUT2D eigenvalue weighted by molar-refractivity contribution is 6.12. The van der Waals surface area contributed by atoms with Crippen LogP contribution in [0.4, 0.5) is 17.1 Å². The summed E-state index contributed by atoms with van der Waals surface area (Å²) in [7, 11) is 0. The van der Waals surface area contributed by atoms with E-state index in [9.17, 15) is 0 Å². The summed E-state index contributed by atoms with van der Waals surface area (Å²) in [5, 5.41) is 2.53. The molecule has 1 heterocycles. The summed E-state index contributed by atoms with van der Waals surface area (Å²) in [6.45, 7) is 9.46. The average Bonchev–Trinajstić information content (AvgIpc) is 3.77. The molecule has 0 unspecified atom stereocenters. The molecular formula is C54H42N2. The van der Waals surface area contributed by atoms with E-state index in [0.717, 1.165) is 22.7 Å². The van der Waals surface area contributed by atoms with Crippen molar-refractivity contribution in [3.05, 3.63) is 204 Å². The van der Waals surface area contributed by atoms with Gasteiger partial charge in [0.2, 0.25) is 0 Å². The highest BCUT2D eigenvalue weighted by Gasteiger charge is 2.37. The van der Waals surface area contributed by atoms with Crippen LogP contribution in [0.15, 0.2) is 182 Å². The molecule has 1 aromatic heterocycles. The molecule has 2 aliphatic rings. The Kier molecular flexibility index (Phi) is 6.98. The van der Waals surface area contributed by atoms with Gasteiger partial charge < -0.3 is 9.47 Å². The number of hydrogen-bond acceptors (Lipinski definition) is 1. The normalized spacial score (nSPS) is 14.4. The largest absolute Gasteiger partial charge is 0.310 e. The first-order chi connectivity index (χ1) is 27.3. The fraction of sp³-hybridized carbons (Fsp3) is 0.111.